The number of rotatable bonds is 11. The third-order valence-corrected chi connectivity index (χ3v) is 3.81. The van der Waals surface area contributed by atoms with Crippen LogP contribution in [0.4, 0.5) is 0 Å². The molecule has 0 rings (SSSR count). The molecule has 0 aromatic carbocycles. The molecule has 3 unspecified atom stereocenters. The second-order valence-electron chi connectivity index (χ2n) is 4.70. The van der Waals surface area contributed by atoms with Gasteiger partial charge in [-0.05, 0) is 18.4 Å². The average Bonchev–Trinajstić information content (AvgIpc) is 2.47. The lowest BCUT2D eigenvalue weighted by Gasteiger charge is -2.21. The van der Waals surface area contributed by atoms with Crippen molar-refractivity contribution in [3.8, 4) is 0 Å². The summed E-state index contributed by atoms with van der Waals surface area (Å²) in [7, 11) is 0. The van der Waals surface area contributed by atoms with Gasteiger partial charge in [-0.2, -0.15) is 24.4 Å². The fraction of sp³-hybridized carbons (Fsp3) is 0.667. The summed E-state index contributed by atoms with van der Waals surface area (Å²) in [6.07, 6.45) is 1.70. The molecule has 0 fully saturated rings. The van der Waals surface area contributed by atoms with Gasteiger partial charge in [0.2, 0.25) is 17.7 Å². The van der Waals surface area contributed by atoms with E-state index in [1.54, 1.807) is 0 Å². The standard InChI is InChI=1S/C12H22N4O5S2/c1-23-3-2-7(12(20)21)15-11(19)8(5-22)16-10(18)6(13)4-9(14)17/h6-8,22H,2-5,13H2,1H3,(H2,14,17)(H,15,19)(H,16,18)(H,20,21). The van der Waals surface area contributed by atoms with E-state index in [0.717, 1.165) is 0 Å². The minimum atomic E-state index is -1.19. The molecule has 3 amide bonds. The zero-order valence-electron chi connectivity index (χ0n) is 12.7. The van der Waals surface area contributed by atoms with Crippen molar-refractivity contribution < 1.29 is 24.3 Å². The molecule has 0 aliphatic rings. The second kappa shape index (κ2) is 11.1. The lowest BCUT2D eigenvalue weighted by molar-refractivity contribution is -0.142. The molecule has 0 saturated heterocycles. The van der Waals surface area contributed by atoms with E-state index in [4.69, 9.17) is 16.6 Å². The van der Waals surface area contributed by atoms with Gasteiger partial charge in [0.15, 0.2) is 0 Å². The minimum Gasteiger partial charge on any atom is -0.480 e. The summed E-state index contributed by atoms with van der Waals surface area (Å²) in [5, 5.41) is 13.7. The van der Waals surface area contributed by atoms with Crippen LogP contribution in [-0.4, -0.2) is 64.7 Å². The van der Waals surface area contributed by atoms with Gasteiger partial charge in [0, 0.05) is 5.75 Å². The summed E-state index contributed by atoms with van der Waals surface area (Å²) >= 11 is 5.40. The number of nitrogens with two attached hydrogens (primary N) is 2. The van der Waals surface area contributed by atoms with E-state index >= 15 is 0 Å². The summed E-state index contributed by atoms with van der Waals surface area (Å²) in [6.45, 7) is 0. The lowest BCUT2D eigenvalue weighted by Crippen LogP contribution is -2.55. The molecule has 0 bridgehead atoms. The number of amides is 3. The number of carbonyl (C=O) groups is 4. The Morgan fingerprint density at radius 1 is 1.17 bits per heavy atom. The molecule has 7 N–H and O–H groups in total. The first-order valence-corrected chi connectivity index (χ1v) is 8.72. The molecule has 132 valence electrons. The van der Waals surface area contributed by atoms with E-state index in [2.05, 4.69) is 23.3 Å². The molecule has 0 heterocycles. The molecule has 0 spiro atoms. The van der Waals surface area contributed by atoms with Crippen molar-refractivity contribution in [3.05, 3.63) is 0 Å². The highest BCUT2D eigenvalue weighted by Crippen LogP contribution is 2.02. The maximum Gasteiger partial charge on any atom is 0.326 e. The predicted molar refractivity (Wildman–Crippen MR) is 90.1 cm³/mol. The molecule has 23 heavy (non-hydrogen) atoms. The van der Waals surface area contributed by atoms with Crippen LogP contribution in [0.5, 0.6) is 0 Å². The number of carboxylic acid groups (broad SMARTS) is 1. The van der Waals surface area contributed by atoms with Crippen molar-refractivity contribution in [3.63, 3.8) is 0 Å². The summed E-state index contributed by atoms with van der Waals surface area (Å²) in [5.74, 6) is -2.85. The van der Waals surface area contributed by atoms with E-state index in [-0.39, 0.29) is 18.6 Å². The van der Waals surface area contributed by atoms with Crippen LogP contribution in [0.15, 0.2) is 0 Å². The first-order chi connectivity index (χ1) is 10.7. The molecular weight excluding hydrogens is 344 g/mol. The van der Waals surface area contributed by atoms with Crippen LogP contribution in [0.2, 0.25) is 0 Å². The first-order valence-electron chi connectivity index (χ1n) is 6.70. The largest absolute Gasteiger partial charge is 0.480 e. The Morgan fingerprint density at radius 2 is 1.74 bits per heavy atom. The predicted octanol–water partition coefficient (Wildman–Crippen LogP) is -2.07. The molecule has 0 aromatic rings. The van der Waals surface area contributed by atoms with Gasteiger partial charge in [0.25, 0.3) is 0 Å². The Kier molecular flexibility index (Phi) is 10.4. The summed E-state index contributed by atoms with van der Waals surface area (Å²) < 4.78 is 0. The van der Waals surface area contributed by atoms with E-state index in [1.807, 2.05) is 6.26 Å². The number of carbonyl (C=O) groups excluding carboxylic acids is 3. The van der Waals surface area contributed by atoms with E-state index < -0.39 is 41.8 Å². The zero-order valence-corrected chi connectivity index (χ0v) is 14.4. The van der Waals surface area contributed by atoms with Crippen molar-refractivity contribution in [2.24, 2.45) is 11.5 Å². The highest BCUT2D eigenvalue weighted by molar-refractivity contribution is 7.98. The van der Waals surface area contributed by atoms with Crippen molar-refractivity contribution in [2.45, 2.75) is 31.0 Å². The van der Waals surface area contributed by atoms with Gasteiger partial charge >= 0.3 is 5.97 Å². The van der Waals surface area contributed by atoms with Crippen LogP contribution in [0, 0.1) is 0 Å². The highest BCUT2D eigenvalue weighted by atomic mass is 32.2. The smallest absolute Gasteiger partial charge is 0.326 e. The normalized spacial score (nSPS) is 14.4. The Morgan fingerprint density at radius 3 is 2.17 bits per heavy atom. The van der Waals surface area contributed by atoms with Crippen LogP contribution in [-0.2, 0) is 19.2 Å². The third-order valence-electron chi connectivity index (χ3n) is 2.80. The van der Waals surface area contributed by atoms with Gasteiger partial charge in [-0.25, -0.2) is 4.79 Å². The Hall–Kier alpha value is -1.46. The molecule has 3 atom stereocenters. The summed E-state index contributed by atoms with van der Waals surface area (Å²) in [5.41, 5.74) is 10.4. The van der Waals surface area contributed by atoms with Gasteiger partial charge in [0.1, 0.15) is 12.1 Å². The van der Waals surface area contributed by atoms with E-state index in [9.17, 15) is 19.2 Å². The van der Waals surface area contributed by atoms with Crippen LogP contribution < -0.4 is 22.1 Å². The maximum absolute atomic E-state index is 12.1. The van der Waals surface area contributed by atoms with Gasteiger partial charge in [0.05, 0.1) is 12.5 Å². The quantitative estimate of drug-likeness (QED) is 0.228. The molecule has 11 heteroatoms. The topological polar surface area (TPSA) is 165 Å². The molecule has 0 aromatic heterocycles. The SMILES string of the molecule is CSCCC(NC(=O)C(CS)NC(=O)C(N)CC(N)=O)C(=O)O. The number of thiol groups is 1. The number of carboxylic acids is 1. The van der Waals surface area contributed by atoms with Crippen molar-refractivity contribution in [1.29, 1.82) is 0 Å². The maximum atomic E-state index is 12.1. The summed E-state index contributed by atoms with van der Waals surface area (Å²) in [4.78, 5) is 45.6. The third kappa shape index (κ3) is 8.67. The highest BCUT2D eigenvalue weighted by Gasteiger charge is 2.27. The van der Waals surface area contributed by atoms with E-state index in [0.29, 0.717) is 5.75 Å². The minimum absolute atomic E-state index is 0.0598. The van der Waals surface area contributed by atoms with Crippen LogP contribution in [0.1, 0.15) is 12.8 Å². The number of hydrogen-bond acceptors (Lipinski definition) is 7. The van der Waals surface area contributed by atoms with Crippen LogP contribution >= 0.6 is 24.4 Å². The van der Waals surface area contributed by atoms with Crippen LogP contribution in [0.25, 0.3) is 0 Å². The fourth-order valence-electron chi connectivity index (χ4n) is 1.55. The first kappa shape index (κ1) is 21.5. The van der Waals surface area contributed by atoms with Gasteiger partial charge in [-0.1, -0.05) is 0 Å². The molecular formula is C12H22N4O5S2. The summed E-state index contributed by atoms with van der Waals surface area (Å²) in [6, 6.07) is -3.32. The Balaban J connectivity index is 4.69. The molecule has 9 nitrogen and oxygen atoms in total. The van der Waals surface area contributed by atoms with Crippen LogP contribution in [0.3, 0.4) is 0 Å². The second-order valence-corrected chi connectivity index (χ2v) is 6.05. The number of hydrogen-bond donors (Lipinski definition) is 6. The van der Waals surface area contributed by atoms with Crippen molar-refractivity contribution in [2.75, 3.05) is 17.8 Å². The number of primary amides is 1. The number of aliphatic carboxylic acids is 1. The van der Waals surface area contributed by atoms with E-state index in [1.165, 1.54) is 11.8 Å². The number of thioether (sulfide) groups is 1. The van der Waals surface area contributed by atoms with Crippen molar-refractivity contribution >= 4 is 48.1 Å². The van der Waals surface area contributed by atoms with Crippen molar-refractivity contribution in [1.82, 2.24) is 10.6 Å². The molecule has 0 saturated carbocycles. The van der Waals surface area contributed by atoms with Gasteiger partial charge < -0.3 is 27.2 Å². The molecule has 0 radical (unpaired) electrons. The Bertz CT molecular complexity index is 449. The molecule has 0 aliphatic heterocycles. The average molecular weight is 366 g/mol. The molecule has 0 aliphatic carbocycles. The van der Waals surface area contributed by atoms with Gasteiger partial charge in [-0.3, -0.25) is 14.4 Å². The zero-order chi connectivity index (χ0) is 18.0. The monoisotopic (exact) mass is 366 g/mol. The lowest BCUT2D eigenvalue weighted by atomic mass is 10.1. The number of nitrogens with one attached hydrogen (secondary N) is 2. The Labute approximate surface area is 143 Å². The van der Waals surface area contributed by atoms with Gasteiger partial charge in [-0.15, -0.1) is 0 Å². The fourth-order valence-corrected chi connectivity index (χ4v) is 2.28.